The SMILES string of the molecule is O=C1C(Nc2ccc(Cl)cc2)=C[C@H](c2ccccc2)N1c1ccc(Cl)cc1. The molecule has 3 nitrogen and oxygen atoms in total. The maximum Gasteiger partial charge on any atom is 0.275 e. The van der Waals surface area contributed by atoms with E-state index in [1.807, 2.05) is 60.7 Å². The van der Waals surface area contributed by atoms with Gasteiger partial charge in [-0.1, -0.05) is 53.5 Å². The molecule has 0 fully saturated rings. The molecular weight excluding hydrogens is 379 g/mol. The highest BCUT2D eigenvalue weighted by Crippen LogP contribution is 2.36. The lowest BCUT2D eigenvalue weighted by atomic mass is 10.1. The highest BCUT2D eigenvalue weighted by atomic mass is 35.5. The minimum absolute atomic E-state index is 0.0962. The van der Waals surface area contributed by atoms with Gasteiger partial charge in [-0.2, -0.15) is 0 Å². The molecule has 1 aliphatic rings. The largest absolute Gasteiger partial charge is 0.351 e. The topological polar surface area (TPSA) is 32.3 Å². The second-order valence-electron chi connectivity index (χ2n) is 6.22. The smallest absolute Gasteiger partial charge is 0.275 e. The number of carbonyl (C=O) groups excluding carboxylic acids is 1. The second-order valence-corrected chi connectivity index (χ2v) is 7.09. The van der Waals surface area contributed by atoms with E-state index < -0.39 is 0 Å². The van der Waals surface area contributed by atoms with Crippen LogP contribution >= 0.6 is 23.2 Å². The molecule has 0 spiro atoms. The summed E-state index contributed by atoms with van der Waals surface area (Å²) in [5.74, 6) is -0.0962. The van der Waals surface area contributed by atoms with E-state index in [1.54, 1.807) is 29.2 Å². The van der Waals surface area contributed by atoms with E-state index in [-0.39, 0.29) is 11.9 Å². The fourth-order valence-electron chi connectivity index (χ4n) is 3.12. The third kappa shape index (κ3) is 3.70. The number of halogens is 2. The van der Waals surface area contributed by atoms with Gasteiger partial charge >= 0.3 is 0 Å². The van der Waals surface area contributed by atoms with Gasteiger partial charge in [0.1, 0.15) is 5.70 Å². The summed E-state index contributed by atoms with van der Waals surface area (Å²) >= 11 is 12.0. The Balaban J connectivity index is 1.71. The minimum Gasteiger partial charge on any atom is -0.351 e. The van der Waals surface area contributed by atoms with Gasteiger partial charge in [0.2, 0.25) is 0 Å². The molecule has 3 aromatic carbocycles. The zero-order chi connectivity index (χ0) is 18.8. The van der Waals surface area contributed by atoms with Gasteiger partial charge in [0, 0.05) is 21.4 Å². The van der Waals surface area contributed by atoms with Gasteiger partial charge in [-0.3, -0.25) is 9.69 Å². The molecule has 4 rings (SSSR count). The molecule has 0 aliphatic carbocycles. The van der Waals surface area contributed by atoms with Crippen LogP contribution in [0.15, 0.2) is 90.6 Å². The Labute approximate surface area is 167 Å². The molecule has 5 heteroatoms. The van der Waals surface area contributed by atoms with Crippen LogP contribution in [0.2, 0.25) is 10.0 Å². The predicted molar refractivity (Wildman–Crippen MR) is 111 cm³/mol. The Morgan fingerprint density at radius 1 is 0.778 bits per heavy atom. The summed E-state index contributed by atoms with van der Waals surface area (Å²) in [6.07, 6.45) is 1.95. The van der Waals surface area contributed by atoms with E-state index in [2.05, 4.69) is 5.32 Å². The first-order valence-corrected chi connectivity index (χ1v) is 9.26. The molecule has 0 saturated carbocycles. The van der Waals surface area contributed by atoms with Crippen molar-refractivity contribution in [2.75, 3.05) is 10.2 Å². The van der Waals surface area contributed by atoms with Crippen molar-refractivity contribution in [2.24, 2.45) is 0 Å². The van der Waals surface area contributed by atoms with Crippen LogP contribution in [0, 0.1) is 0 Å². The van der Waals surface area contributed by atoms with Crippen LogP contribution in [-0.2, 0) is 4.79 Å². The Hall–Kier alpha value is -2.75. The standard InChI is InChI=1S/C22H16Cl2N2O/c23-16-6-10-18(11-7-16)25-20-14-21(15-4-2-1-3-5-15)26(22(20)27)19-12-8-17(24)9-13-19/h1-14,21,25H/t21-/m1/s1. The summed E-state index contributed by atoms with van der Waals surface area (Å²) in [6.45, 7) is 0. The van der Waals surface area contributed by atoms with E-state index in [4.69, 9.17) is 23.2 Å². The average Bonchev–Trinajstić information content (AvgIpc) is 3.01. The van der Waals surface area contributed by atoms with Gasteiger partial charge in [0.05, 0.1) is 6.04 Å². The Morgan fingerprint density at radius 3 is 2.00 bits per heavy atom. The van der Waals surface area contributed by atoms with Crippen LogP contribution in [0.5, 0.6) is 0 Å². The van der Waals surface area contributed by atoms with E-state index in [0.29, 0.717) is 15.7 Å². The maximum absolute atomic E-state index is 13.2. The molecule has 0 aromatic heterocycles. The van der Waals surface area contributed by atoms with E-state index in [9.17, 15) is 4.79 Å². The first-order valence-electron chi connectivity index (χ1n) is 8.50. The van der Waals surface area contributed by atoms with Crippen molar-refractivity contribution in [1.29, 1.82) is 0 Å². The average molecular weight is 395 g/mol. The van der Waals surface area contributed by atoms with E-state index >= 15 is 0 Å². The highest BCUT2D eigenvalue weighted by Gasteiger charge is 2.34. The molecule has 1 heterocycles. The van der Waals surface area contributed by atoms with Crippen LogP contribution in [0.25, 0.3) is 0 Å². The molecule has 27 heavy (non-hydrogen) atoms. The normalized spacial score (nSPS) is 16.4. The molecule has 0 radical (unpaired) electrons. The summed E-state index contributed by atoms with van der Waals surface area (Å²) in [5, 5.41) is 4.50. The molecule has 1 atom stereocenters. The molecule has 1 amide bonds. The Bertz CT molecular complexity index is 983. The van der Waals surface area contributed by atoms with Crippen LogP contribution in [0.1, 0.15) is 11.6 Å². The molecular formula is C22H16Cl2N2O. The first-order chi connectivity index (χ1) is 13.1. The predicted octanol–water partition coefficient (Wildman–Crippen LogP) is 6.08. The molecule has 1 aliphatic heterocycles. The van der Waals surface area contributed by atoms with Crippen LogP contribution in [-0.4, -0.2) is 5.91 Å². The third-order valence-corrected chi connectivity index (χ3v) is 4.92. The van der Waals surface area contributed by atoms with Crippen molar-refractivity contribution in [2.45, 2.75) is 6.04 Å². The fraction of sp³-hybridized carbons (Fsp3) is 0.0455. The number of carbonyl (C=O) groups is 1. The van der Waals surface area contributed by atoms with Crippen LogP contribution < -0.4 is 10.2 Å². The Kier molecular flexibility index (Phi) is 4.88. The maximum atomic E-state index is 13.2. The van der Waals surface area contributed by atoms with Crippen LogP contribution in [0.3, 0.4) is 0 Å². The number of nitrogens with zero attached hydrogens (tertiary/aromatic N) is 1. The molecule has 134 valence electrons. The summed E-state index contributed by atoms with van der Waals surface area (Å²) < 4.78 is 0. The quantitative estimate of drug-likeness (QED) is 0.581. The van der Waals surface area contributed by atoms with Crippen molar-refractivity contribution in [3.63, 3.8) is 0 Å². The van der Waals surface area contributed by atoms with Crippen molar-refractivity contribution in [3.05, 3.63) is 106 Å². The monoisotopic (exact) mass is 394 g/mol. The number of hydrogen-bond acceptors (Lipinski definition) is 2. The number of anilines is 2. The van der Waals surface area contributed by atoms with Crippen molar-refractivity contribution in [1.82, 2.24) is 0 Å². The van der Waals surface area contributed by atoms with Gasteiger partial charge in [-0.15, -0.1) is 0 Å². The second kappa shape index (κ2) is 7.47. The van der Waals surface area contributed by atoms with Crippen LogP contribution in [0.4, 0.5) is 11.4 Å². The third-order valence-electron chi connectivity index (χ3n) is 4.42. The van der Waals surface area contributed by atoms with Gasteiger partial charge < -0.3 is 5.32 Å². The number of amides is 1. The van der Waals surface area contributed by atoms with Crippen molar-refractivity contribution < 1.29 is 4.79 Å². The minimum atomic E-state index is -0.199. The van der Waals surface area contributed by atoms with Crippen molar-refractivity contribution >= 4 is 40.5 Å². The Morgan fingerprint density at radius 2 is 1.37 bits per heavy atom. The van der Waals surface area contributed by atoms with Gasteiger partial charge in [-0.25, -0.2) is 0 Å². The van der Waals surface area contributed by atoms with Gasteiger partial charge in [-0.05, 0) is 60.2 Å². The lowest BCUT2D eigenvalue weighted by molar-refractivity contribution is -0.114. The molecule has 0 unspecified atom stereocenters. The first kappa shape index (κ1) is 17.7. The lowest BCUT2D eigenvalue weighted by Gasteiger charge is -2.25. The number of benzene rings is 3. The summed E-state index contributed by atoms with van der Waals surface area (Å²) in [5.41, 5.74) is 3.17. The summed E-state index contributed by atoms with van der Waals surface area (Å²) in [7, 11) is 0. The molecule has 1 N–H and O–H groups in total. The number of rotatable bonds is 4. The molecule has 0 bridgehead atoms. The van der Waals surface area contributed by atoms with Gasteiger partial charge in [0.25, 0.3) is 5.91 Å². The lowest BCUT2D eigenvalue weighted by Crippen LogP contribution is -2.30. The van der Waals surface area contributed by atoms with Gasteiger partial charge in [0.15, 0.2) is 0 Å². The fourth-order valence-corrected chi connectivity index (χ4v) is 3.37. The number of nitrogens with one attached hydrogen (secondary N) is 1. The summed E-state index contributed by atoms with van der Waals surface area (Å²) in [4.78, 5) is 14.9. The zero-order valence-electron chi connectivity index (χ0n) is 14.3. The summed E-state index contributed by atoms with van der Waals surface area (Å²) in [6, 6.07) is 24.3. The number of hydrogen-bond donors (Lipinski definition) is 1. The van der Waals surface area contributed by atoms with E-state index in [0.717, 1.165) is 16.9 Å². The van der Waals surface area contributed by atoms with Crippen molar-refractivity contribution in [3.8, 4) is 0 Å². The molecule has 3 aromatic rings. The molecule has 0 saturated heterocycles. The highest BCUT2D eigenvalue weighted by molar-refractivity contribution is 6.31. The zero-order valence-corrected chi connectivity index (χ0v) is 15.8. The van der Waals surface area contributed by atoms with E-state index in [1.165, 1.54) is 0 Å².